The molecule has 0 aromatic heterocycles. The minimum atomic E-state index is -1.94. The summed E-state index contributed by atoms with van der Waals surface area (Å²) < 4.78 is 19.1. The van der Waals surface area contributed by atoms with Gasteiger partial charge in [-0.2, -0.15) is 0 Å². The summed E-state index contributed by atoms with van der Waals surface area (Å²) in [5.74, 6) is 0. The predicted octanol–water partition coefficient (Wildman–Crippen LogP) is -0.373. The maximum absolute atomic E-state index is 4.78. The van der Waals surface area contributed by atoms with Crippen LogP contribution in [0.4, 0.5) is 0 Å². The Morgan fingerprint density at radius 2 is 0.900 bits per heavy atom. The van der Waals surface area contributed by atoms with Crippen LogP contribution < -0.4 is 0 Å². The van der Waals surface area contributed by atoms with Crippen molar-refractivity contribution in [2.75, 3.05) is 28.4 Å². The van der Waals surface area contributed by atoms with Crippen LogP contribution in [0.5, 0.6) is 0 Å². The Labute approximate surface area is 73.4 Å². The summed E-state index contributed by atoms with van der Waals surface area (Å²) in [5, 5.41) is 0. The van der Waals surface area contributed by atoms with Gasteiger partial charge in [0, 0.05) is 18.9 Å². The molecule has 10 heavy (non-hydrogen) atoms. The molecule has 57 valence electrons. The molecule has 0 spiro atoms. The second-order valence-corrected chi connectivity index (χ2v) is 1.52. The van der Waals surface area contributed by atoms with Crippen molar-refractivity contribution < 1.29 is 18.6 Å². The van der Waals surface area contributed by atoms with Gasteiger partial charge in [-0.25, -0.2) is 0 Å². The van der Waals surface area contributed by atoms with Gasteiger partial charge in [0.25, 0.3) is 0 Å². The molecular weight excluding hydrogens is 130 g/mol. The largest absolute Gasteiger partial charge is 0.530 e. The molecule has 0 atom stereocenters. The van der Waals surface area contributed by atoms with E-state index in [0.29, 0.717) is 0 Å². The van der Waals surface area contributed by atoms with Crippen molar-refractivity contribution in [3.63, 3.8) is 0 Å². The van der Waals surface area contributed by atoms with E-state index in [-0.39, 0.29) is 18.9 Å². The molecule has 4 nitrogen and oxygen atoms in total. The van der Waals surface area contributed by atoms with E-state index in [1.165, 1.54) is 28.4 Å². The fraction of sp³-hybridized carbons (Fsp3) is 1.00. The first-order valence-electron chi connectivity index (χ1n) is 2.58. The molecule has 0 aliphatic rings. The Morgan fingerprint density at radius 3 is 0.900 bits per heavy atom. The van der Waals surface area contributed by atoms with Crippen LogP contribution in [0.15, 0.2) is 0 Å². The van der Waals surface area contributed by atoms with E-state index in [1.54, 1.807) is 0 Å². The zero-order valence-electron chi connectivity index (χ0n) is 7.21. The zero-order chi connectivity index (χ0) is 7.33. The summed E-state index contributed by atoms with van der Waals surface area (Å²) in [6.45, 7) is -1.94. The Hall–Kier alpha value is 0.502. The van der Waals surface area contributed by atoms with Crippen LogP contribution in [0.1, 0.15) is 0 Å². The molecule has 0 saturated carbocycles. The van der Waals surface area contributed by atoms with E-state index in [1.807, 2.05) is 0 Å². The van der Waals surface area contributed by atoms with Gasteiger partial charge in [-0.3, -0.25) is 0 Å². The smallest absolute Gasteiger partial charge is 0.521 e. The topological polar surface area (TPSA) is 36.9 Å². The molecular formula is C4H12BLiO4-. The second-order valence-electron chi connectivity index (χ2n) is 1.52. The molecule has 0 unspecified atom stereocenters. The summed E-state index contributed by atoms with van der Waals surface area (Å²) in [7, 11) is 5.82. The molecule has 0 aliphatic heterocycles. The molecule has 0 N–H and O–H groups in total. The normalized spacial score (nSPS) is 10.8. The molecule has 0 rings (SSSR count). The van der Waals surface area contributed by atoms with Crippen molar-refractivity contribution in [3.05, 3.63) is 0 Å². The maximum atomic E-state index is 4.78. The summed E-state index contributed by atoms with van der Waals surface area (Å²) >= 11 is 0. The summed E-state index contributed by atoms with van der Waals surface area (Å²) in [5.41, 5.74) is 0. The van der Waals surface area contributed by atoms with Crippen molar-refractivity contribution in [1.82, 2.24) is 0 Å². The molecule has 0 aromatic carbocycles. The van der Waals surface area contributed by atoms with Crippen LogP contribution in [0.25, 0.3) is 0 Å². The molecule has 6 heteroatoms. The van der Waals surface area contributed by atoms with E-state index >= 15 is 0 Å². The Kier molecular flexibility index (Phi) is 8.17. The van der Waals surface area contributed by atoms with Gasteiger partial charge >= 0.3 is 6.96 Å². The average Bonchev–Trinajstić information content (AvgIpc) is 1.95. The third kappa shape index (κ3) is 3.06. The predicted molar refractivity (Wildman–Crippen MR) is 39.5 cm³/mol. The molecule has 0 fully saturated rings. The molecule has 0 aliphatic carbocycles. The van der Waals surface area contributed by atoms with Crippen molar-refractivity contribution in [1.29, 1.82) is 0 Å². The number of hydrogen-bond acceptors (Lipinski definition) is 4. The molecule has 0 amide bonds. The van der Waals surface area contributed by atoms with Gasteiger partial charge in [0.2, 0.25) is 0 Å². The van der Waals surface area contributed by atoms with Crippen LogP contribution in [-0.4, -0.2) is 54.3 Å². The first kappa shape index (κ1) is 13.1. The third-order valence-corrected chi connectivity index (χ3v) is 1.15. The molecule has 0 aromatic rings. The standard InChI is InChI=1S/C4H12BO4.Li/c1-6-5(7-2,8-3)9-4;/h1-4H3;/q-1;. The minimum Gasteiger partial charge on any atom is -0.521 e. The van der Waals surface area contributed by atoms with Gasteiger partial charge in [0.05, 0.1) is 0 Å². The summed E-state index contributed by atoms with van der Waals surface area (Å²) in [6, 6.07) is 0. The second kappa shape index (κ2) is 6.23. The van der Waals surface area contributed by atoms with Gasteiger partial charge < -0.3 is 18.6 Å². The van der Waals surface area contributed by atoms with E-state index in [0.717, 1.165) is 0 Å². The van der Waals surface area contributed by atoms with Crippen LogP contribution >= 0.6 is 0 Å². The van der Waals surface area contributed by atoms with Gasteiger partial charge in [-0.05, 0) is 28.4 Å². The van der Waals surface area contributed by atoms with Crippen molar-refractivity contribution >= 4 is 25.8 Å². The fourth-order valence-corrected chi connectivity index (χ4v) is 0.577. The van der Waals surface area contributed by atoms with Crippen molar-refractivity contribution in [3.8, 4) is 0 Å². The van der Waals surface area contributed by atoms with Crippen LogP contribution in [-0.2, 0) is 18.6 Å². The Morgan fingerprint density at radius 1 is 0.700 bits per heavy atom. The minimum absolute atomic E-state index is 0. The van der Waals surface area contributed by atoms with Crippen LogP contribution in [0.2, 0.25) is 0 Å². The molecule has 0 saturated heterocycles. The van der Waals surface area contributed by atoms with Gasteiger partial charge in [0.15, 0.2) is 0 Å². The van der Waals surface area contributed by atoms with Gasteiger partial charge in [-0.1, -0.05) is 0 Å². The molecule has 1 radical (unpaired) electrons. The summed E-state index contributed by atoms with van der Waals surface area (Å²) in [6.07, 6.45) is 0. The monoisotopic (exact) mass is 142 g/mol. The van der Waals surface area contributed by atoms with Gasteiger partial charge in [0.1, 0.15) is 0 Å². The van der Waals surface area contributed by atoms with Crippen molar-refractivity contribution in [2.24, 2.45) is 0 Å². The van der Waals surface area contributed by atoms with E-state index in [4.69, 9.17) is 18.6 Å². The third-order valence-electron chi connectivity index (χ3n) is 1.15. The van der Waals surface area contributed by atoms with Crippen LogP contribution in [0.3, 0.4) is 0 Å². The SMILES string of the molecule is CO[B-](OC)(OC)OC.[Li]. The maximum Gasteiger partial charge on any atom is 0.530 e. The van der Waals surface area contributed by atoms with E-state index < -0.39 is 6.96 Å². The summed E-state index contributed by atoms with van der Waals surface area (Å²) in [4.78, 5) is 0. The average molecular weight is 142 g/mol. The van der Waals surface area contributed by atoms with Gasteiger partial charge in [-0.15, -0.1) is 0 Å². The zero-order valence-corrected chi connectivity index (χ0v) is 7.21. The first-order valence-corrected chi connectivity index (χ1v) is 2.58. The Bertz CT molecular complexity index is 60.1. The van der Waals surface area contributed by atoms with E-state index in [2.05, 4.69) is 0 Å². The molecule has 0 heterocycles. The quantitative estimate of drug-likeness (QED) is 0.501. The Balaban J connectivity index is 0. The first-order chi connectivity index (χ1) is 4.24. The van der Waals surface area contributed by atoms with E-state index in [9.17, 15) is 0 Å². The van der Waals surface area contributed by atoms with Crippen molar-refractivity contribution in [2.45, 2.75) is 0 Å². The van der Waals surface area contributed by atoms with Crippen LogP contribution in [0, 0.1) is 0 Å². The number of hydrogen-bond donors (Lipinski definition) is 0. The fourth-order valence-electron chi connectivity index (χ4n) is 0.577. The molecule has 0 bridgehead atoms. The number of rotatable bonds is 4.